The van der Waals surface area contributed by atoms with Crippen LogP contribution in [0, 0.1) is 6.92 Å². The van der Waals surface area contributed by atoms with Gasteiger partial charge in [0.2, 0.25) is 5.91 Å². The predicted molar refractivity (Wildman–Crippen MR) is 142 cm³/mol. The summed E-state index contributed by atoms with van der Waals surface area (Å²) in [7, 11) is 0. The third-order valence-corrected chi connectivity index (χ3v) is 6.05. The molecule has 1 heterocycles. The van der Waals surface area contributed by atoms with E-state index in [0.717, 1.165) is 5.56 Å². The molecule has 36 heavy (non-hydrogen) atoms. The van der Waals surface area contributed by atoms with Crippen LogP contribution in [-0.2, 0) is 4.79 Å². The van der Waals surface area contributed by atoms with Crippen molar-refractivity contribution in [1.82, 2.24) is 4.98 Å². The van der Waals surface area contributed by atoms with Crippen LogP contribution < -0.4 is 10.6 Å². The number of hydrogen-bond acceptors (Lipinski definition) is 4. The first kappa shape index (κ1) is 24.8. The molecule has 0 saturated carbocycles. The molecule has 4 aromatic rings. The molecule has 0 aliphatic carbocycles. The Morgan fingerprint density at radius 1 is 0.806 bits per heavy atom. The lowest BCUT2D eigenvalue weighted by molar-refractivity contribution is -0.117. The molecule has 4 rings (SSSR count). The Balaban J connectivity index is 1.49. The van der Waals surface area contributed by atoms with Crippen molar-refractivity contribution < 1.29 is 14.4 Å². The molecule has 1 atom stereocenters. The SMILES string of the molecule is Cc1ccnc(NC(=O)c2ccc(Cl)c(NC(=O)[C@@H](C)c3cccc(C(=O)c4ccccc4)c3)c2)c1. The van der Waals surface area contributed by atoms with Crippen LogP contribution in [0.1, 0.15) is 50.2 Å². The zero-order valence-electron chi connectivity index (χ0n) is 19.8. The Labute approximate surface area is 214 Å². The number of nitrogens with one attached hydrogen (secondary N) is 2. The number of ketones is 1. The van der Waals surface area contributed by atoms with Gasteiger partial charge in [0, 0.05) is 22.9 Å². The highest BCUT2D eigenvalue weighted by Crippen LogP contribution is 2.26. The Morgan fingerprint density at radius 2 is 1.56 bits per heavy atom. The van der Waals surface area contributed by atoms with Gasteiger partial charge in [0.1, 0.15) is 5.82 Å². The van der Waals surface area contributed by atoms with Gasteiger partial charge < -0.3 is 10.6 Å². The van der Waals surface area contributed by atoms with Crippen molar-refractivity contribution in [3.05, 3.63) is 124 Å². The maximum absolute atomic E-state index is 13.1. The molecule has 7 heteroatoms. The van der Waals surface area contributed by atoms with Gasteiger partial charge in [-0.2, -0.15) is 0 Å². The van der Waals surface area contributed by atoms with Gasteiger partial charge >= 0.3 is 0 Å². The van der Waals surface area contributed by atoms with E-state index < -0.39 is 5.92 Å². The van der Waals surface area contributed by atoms with E-state index in [9.17, 15) is 14.4 Å². The van der Waals surface area contributed by atoms with Crippen LogP contribution in [-0.4, -0.2) is 22.6 Å². The fourth-order valence-corrected chi connectivity index (χ4v) is 3.82. The molecule has 3 aromatic carbocycles. The van der Waals surface area contributed by atoms with Crippen molar-refractivity contribution in [2.24, 2.45) is 0 Å². The molecule has 0 saturated heterocycles. The molecule has 0 aliphatic heterocycles. The van der Waals surface area contributed by atoms with Crippen molar-refractivity contribution >= 4 is 40.7 Å². The Kier molecular flexibility index (Phi) is 7.56. The molecule has 1 aromatic heterocycles. The summed E-state index contributed by atoms with van der Waals surface area (Å²) < 4.78 is 0. The predicted octanol–water partition coefficient (Wildman–Crippen LogP) is 6.27. The lowest BCUT2D eigenvalue weighted by atomic mass is 9.95. The molecule has 0 unspecified atom stereocenters. The molecule has 0 radical (unpaired) electrons. The molecule has 0 spiro atoms. The van der Waals surface area contributed by atoms with E-state index in [1.54, 1.807) is 67.7 Å². The fraction of sp³-hybridized carbons (Fsp3) is 0.103. The summed E-state index contributed by atoms with van der Waals surface area (Å²) in [5.74, 6) is -0.952. The second kappa shape index (κ2) is 11.0. The summed E-state index contributed by atoms with van der Waals surface area (Å²) in [4.78, 5) is 42.7. The summed E-state index contributed by atoms with van der Waals surface area (Å²) in [6.45, 7) is 3.65. The van der Waals surface area contributed by atoms with Gasteiger partial charge in [0.05, 0.1) is 16.6 Å². The van der Waals surface area contributed by atoms with Crippen molar-refractivity contribution in [3.8, 4) is 0 Å². The highest BCUT2D eigenvalue weighted by Gasteiger charge is 2.19. The maximum Gasteiger partial charge on any atom is 0.256 e. The first-order valence-corrected chi connectivity index (χ1v) is 11.7. The number of aryl methyl sites for hydroxylation is 1. The number of hydrogen-bond donors (Lipinski definition) is 2. The number of carbonyl (C=O) groups excluding carboxylic acids is 3. The van der Waals surface area contributed by atoms with E-state index in [2.05, 4.69) is 15.6 Å². The van der Waals surface area contributed by atoms with Crippen molar-refractivity contribution in [2.75, 3.05) is 10.6 Å². The summed E-state index contributed by atoms with van der Waals surface area (Å²) in [6, 6.07) is 24.2. The Bertz CT molecular complexity index is 1440. The van der Waals surface area contributed by atoms with Crippen molar-refractivity contribution in [3.63, 3.8) is 0 Å². The Hall–Kier alpha value is -4.29. The van der Waals surface area contributed by atoms with Gasteiger partial charge in [0.15, 0.2) is 5.78 Å². The van der Waals surface area contributed by atoms with Gasteiger partial charge in [-0.3, -0.25) is 14.4 Å². The highest BCUT2D eigenvalue weighted by atomic mass is 35.5. The minimum atomic E-state index is -0.571. The summed E-state index contributed by atoms with van der Waals surface area (Å²) >= 11 is 6.31. The number of aromatic nitrogens is 1. The Morgan fingerprint density at radius 3 is 2.31 bits per heavy atom. The van der Waals surface area contributed by atoms with Gasteiger partial charge in [-0.15, -0.1) is 0 Å². The van der Waals surface area contributed by atoms with Gasteiger partial charge in [-0.25, -0.2) is 4.98 Å². The fourth-order valence-electron chi connectivity index (χ4n) is 3.65. The van der Waals surface area contributed by atoms with Crippen LogP contribution in [0.25, 0.3) is 0 Å². The standard InChI is InChI=1S/C29H24ClN3O3/c1-18-13-14-31-26(15-18)33-29(36)23-11-12-24(30)25(17-23)32-28(35)19(2)21-9-6-10-22(16-21)27(34)20-7-4-3-5-8-20/h3-17,19H,1-2H3,(H,32,35)(H,31,33,36)/t19-/m0/s1. The van der Waals surface area contributed by atoms with Gasteiger partial charge in [0.25, 0.3) is 5.91 Å². The summed E-state index contributed by atoms with van der Waals surface area (Å²) in [5.41, 5.74) is 3.36. The number of carbonyl (C=O) groups is 3. The molecule has 0 bridgehead atoms. The van der Waals surface area contributed by atoms with E-state index in [4.69, 9.17) is 11.6 Å². The second-order valence-electron chi connectivity index (χ2n) is 8.40. The molecule has 6 nitrogen and oxygen atoms in total. The van der Waals surface area contributed by atoms with Crippen molar-refractivity contribution in [1.29, 1.82) is 0 Å². The summed E-state index contributed by atoms with van der Waals surface area (Å²) in [5, 5.41) is 5.85. The highest BCUT2D eigenvalue weighted by molar-refractivity contribution is 6.34. The maximum atomic E-state index is 13.1. The largest absolute Gasteiger partial charge is 0.324 e. The number of halogens is 1. The van der Waals surface area contributed by atoms with E-state index in [0.29, 0.717) is 38.8 Å². The normalized spacial score (nSPS) is 11.4. The van der Waals surface area contributed by atoms with Crippen LogP contribution in [0.2, 0.25) is 5.02 Å². The molecule has 2 N–H and O–H groups in total. The first-order chi connectivity index (χ1) is 17.3. The lowest BCUT2D eigenvalue weighted by Crippen LogP contribution is -2.20. The van der Waals surface area contributed by atoms with Gasteiger partial charge in [-0.05, 0) is 61.4 Å². The third kappa shape index (κ3) is 5.85. The molecule has 0 fully saturated rings. The molecule has 2 amide bonds. The van der Waals surface area contributed by atoms with Crippen LogP contribution in [0.5, 0.6) is 0 Å². The van der Waals surface area contributed by atoms with E-state index in [-0.39, 0.29) is 17.6 Å². The minimum absolute atomic E-state index is 0.116. The number of nitrogens with zero attached hydrogens (tertiary/aromatic N) is 1. The van der Waals surface area contributed by atoms with E-state index in [1.807, 2.05) is 31.2 Å². The van der Waals surface area contributed by atoms with Crippen LogP contribution in [0.3, 0.4) is 0 Å². The number of benzene rings is 3. The minimum Gasteiger partial charge on any atom is -0.324 e. The number of anilines is 2. The third-order valence-electron chi connectivity index (χ3n) is 5.72. The molecule has 180 valence electrons. The summed E-state index contributed by atoms with van der Waals surface area (Å²) in [6.07, 6.45) is 1.61. The van der Waals surface area contributed by atoms with Crippen LogP contribution in [0.4, 0.5) is 11.5 Å². The van der Waals surface area contributed by atoms with E-state index >= 15 is 0 Å². The molecular formula is C29H24ClN3O3. The zero-order chi connectivity index (χ0) is 25.7. The lowest BCUT2D eigenvalue weighted by Gasteiger charge is -2.15. The monoisotopic (exact) mass is 497 g/mol. The second-order valence-corrected chi connectivity index (χ2v) is 8.81. The van der Waals surface area contributed by atoms with Crippen LogP contribution >= 0.6 is 11.6 Å². The van der Waals surface area contributed by atoms with Crippen LogP contribution in [0.15, 0.2) is 91.1 Å². The zero-order valence-corrected chi connectivity index (χ0v) is 20.5. The van der Waals surface area contributed by atoms with Crippen molar-refractivity contribution in [2.45, 2.75) is 19.8 Å². The van der Waals surface area contributed by atoms with Gasteiger partial charge in [-0.1, -0.05) is 60.1 Å². The number of pyridine rings is 1. The average molecular weight is 498 g/mol. The smallest absolute Gasteiger partial charge is 0.256 e. The van der Waals surface area contributed by atoms with E-state index in [1.165, 1.54) is 6.07 Å². The molecular weight excluding hydrogens is 474 g/mol. The number of rotatable bonds is 7. The quantitative estimate of drug-likeness (QED) is 0.294. The topological polar surface area (TPSA) is 88.2 Å². The molecule has 0 aliphatic rings. The average Bonchev–Trinajstić information content (AvgIpc) is 2.89. The number of amides is 2. The first-order valence-electron chi connectivity index (χ1n) is 11.4.